The molecule has 1 aromatic rings. The van der Waals surface area contributed by atoms with Crippen LogP contribution in [-0.2, 0) is 25.7 Å². The molecule has 4 saturated carbocycles. The molecular formula is C41H57KN2O6. The average Bonchev–Trinajstić information content (AvgIpc) is 3.03. The van der Waals surface area contributed by atoms with Crippen LogP contribution in [0.25, 0.3) is 0 Å². The number of benzene rings is 1. The van der Waals surface area contributed by atoms with Crippen LogP contribution < -0.4 is 61.8 Å². The van der Waals surface area contributed by atoms with E-state index in [0.29, 0.717) is 19.3 Å². The first-order chi connectivity index (χ1) is 22.8. The maximum absolute atomic E-state index is 14.6. The smallest absolute Gasteiger partial charge is 0.548 e. The Kier molecular flexibility index (Phi) is 11.0. The van der Waals surface area contributed by atoms with Crippen LogP contribution in [0.3, 0.4) is 0 Å². The Morgan fingerprint density at radius 3 is 2.22 bits per heavy atom. The molecule has 8 nitrogen and oxygen atoms in total. The van der Waals surface area contributed by atoms with Crippen molar-refractivity contribution >= 4 is 23.6 Å². The van der Waals surface area contributed by atoms with Gasteiger partial charge in [0.15, 0.2) is 5.78 Å². The minimum atomic E-state index is -1.40. The maximum atomic E-state index is 14.6. The predicted octanol–water partition coefficient (Wildman–Crippen LogP) is 2.23. The third-order valence-electron chi connectivity index (χ3n) is 15.3. The molecule has 0 radical (unpaired) electrons. The normalized spacial score (nSPS) is 40.0. The zero-order chi connectivity index (χ0) is 35.8. The molecular weight excluding hydrogens is 656 g/mol. The number of aliphatic carboxylic acids is 1. The zero-order valence-corrected chi connectivity index (χ0v) is 34.8. The van der Waals surface area contributed by atoms with Gasteiger partial charge in [-0.25, -0.2) is 0 Å². The van der Waals surface area contributed by atoms with Crippen LogP contribution in [0.15, 0.2) is 42.0 Å². The topological polar surface area (TPSA) is 127 Å². The number of amides is 2. The number of ketones is 1. The van der Waals surface area contributed by atoms with Gasteiger partial charge in [0.05, 0.1) is 25.2 Å². The summed E-state index contributed by atoms with van der Waals surface area (Å²) in [6, 6.07) is 9.43. The number of hydrogen-bond donors (Lipinski definition) is 2. The summed E-state index contributed by atoms with van der Waals surface area (Å²) in [5.41, 5.74) is 0.153. The molecule has 1 aromatic carbocycles. The average molecular weight is 713 g/mol. The molecule has 4 fully saturated rings. The Morgan fingerprint density at radius 2 is 1.56 bits per heavy atom. The number of fused-ring (bicyclic) bond motifs is 7. The molecule has 9 atom stereocenters. The quantitative estimate of drug-likeness (QED) is 0.418. The number of aliphatic hydroxyl groups is 1. The van der Waals surface area contributed by atoms with E-state index in [1.807, 2.05) is 43.3 Å². The van der Waals surface area contributed by atoms with Gasteiger partial charge in [-0.05, 0) is 108 Å². The fourth-order valence-corrected chi connectivity index (χ4v) is 12.1. The Hall–Kier alpha value is -1.36. The first-order valence-corrected chi connectivity index (χ1v) is 18.5. The van der Waals surface area contributed by atoms with Gasteiger partial charge in [-0.1, -0.05) is 84.4 Å². The monoisotopic (exact) mass is 712 g/mol. The van der Waals surface area contributed by atoms with Crippen LogP contribution >= 0.6 is 0 Å². The number of carboxylic acids is 1. The van der Waals surface area contributed by atoms with Crippen molar-refractivity contribution in [2.75, 3.05) is 13.1 Å². The number of carboxylic acid groups (broad SMARTS) is 1. The van der Waals surface area contributed by atoms with Gasteiger partial charge in [0, 0.05) is 17.9 Å². The third-order valence-corrected chi connectivity index (χ3v) is 15.3. The Bertz CT molecular complexity index is 1560. The first-order valence-electron chi connectivity index (χ1n) is 18.5. The van der Waals surface area contributed by atoms with Crippen molar-refractivity contribution in [2.24, 2.45) is 50.2 Å². The Balaban J connectivity index is 0.00000486. The number of nitrogens with zero attached hydrogens (tertiary/aromatic N) is 1. The van der Waals surface area contributed by atoms with E-state index in [1.165, 1.54) is 5.57 Å². The van der Waals surface area contributed by atoms with Crippen molar-refractivity contribution in [3.8, 4) is 0 Å². The molecule has 5 aliphatic rings. The molecule has 5 aliphatic carbocycles. The SMILES string of the molecule is CC1(C)[C@@H](O)CC[C@]2(C)[C@H]3C(=O)C=C4[C@@H]5C[C@@](C)(C(=O)N(CC(=O)[O-])CC(=O)NCc6ccccc6)CC[C@]5(C)CC[C@@]4(C)[C@]3(C)CC[C@@H]12.[K+]. The van der Waals surface area contributed by atoms with Crippen LogP contribution in [0, 0.1) is 50.2 Å². The molecule has 268 valence electrons. The van der Waals surface area contributed by atoms with E-state index in [4.69, 9.17) is 0 Å². The summed E-state index contributed by atoms with van der Waals surface area (Å²) in [4.78, 5) is 55.1. The molecule has 50 heavy (non-hydrogen) atoms. The summed E-state index contributed by atoms with van der Waals surface area (Å²) in [6.07, 6.45) is 8.93. The van der Waals surface area contributed by atoms with Gasteiger partial charge in [-0.15, -0.1) is 0 Å². The molecule has 0 saturated heterocycles. The molecule has 0 aromatic heterocycles. The van der Waals surface area contributed by atoms with E-state index in [2.05, 4.69) is 46.9 Å². The largest absolute Gasteiger partial charge is 1.00 e. The van der Waals surface area contributed by atoms with Crippen molar-refractivity contribution in [3.63, 3.8) is 0 Å². The molecule has 2 amide bonds. The van der Waals surface area contributed by atoms with Gasteiger partial charge in [0.2, 0.25) is 11.8 Å². The van der Waals surface area contributed by atoms with Gasteiger partial charge in [-0.3, -0.25) is 14.4 Å². The number of rotatable bonds is 7. The van der Waals surface area contributed by atoms with Gasteiger partial charge < -0.3 is 25.2 Å². The van der Waals surface area contributed by atoms with E-state index in [1.54, 1.807) is 0 Å². The van der Waals surface area contributed by atoms with Gasteiger partial charge in [0.1, 0.15) is 0 Å². The van der Waals surface area contributed by atoms with Crippen molar-refractivity contribution in [2.45, 2.75) is 119 Å². The van der Waals surface area contributed by atoms with E-state index in [9.17, 15) is 29.4 Å². The predicted molar refractivity (Wildman–Crippen MR) is 185 cm³/mol. The zero-order valence-electron chi connectivity index (χ0n) is 31.7. The summed E-state index contributed by atoms with van der Waals surface area (Å²) >= 11 is 0. The first kappa shape index (κ1) is 39.8. The van der Waals surface area contributed by atoms with E-state index in [0.717, 1.165) is 49.0 Å². The Morgan fingerprint density at radius 1 is 0.900 bits per heavy atom. The summed E-state index contributed by atoms with van der Waals surface area (Å²) < 4.78 is 0. The van der Waals surface area contributed by atoms with Crippen molar-refractivity contribution < 1.29 is 80.8 Å². The fourth-order valence-electron chi connectivity index (χ4n) is 12.1. The van der Waals surface area contributed by atoms with Crippen LogP contribution in [0.1, 0.15) is 112 Å². The molecule has 0 unspecified atom stereocenters. The second-order valence-electron chi connectivity index (χ2n) is 18.4. The Labute approximate surface area is 341 Å². The molecule has 0 bridgehead atoms. The second kappa shape index (κ2) is 13.8. The summed E-state index contributed by atoms with van der Waals surface area (Å²) in [6.45, 7) is 14.9. The number of carbonyl (C=O) groups is 4. The number of nitrogens with one attached hydrogen (secondary N) is 1. The van der Waals surface area contributed by atoms with Gasteiger partial charge in [0.25, 0.3) is 0 Å². The van der Waals surface area contributed by atoms with Crippen molar-refractivity contribution in [1.82, 2.24) is 10.2 Å². The standard InChI is InChI=1S/C41H58N2O6.K/c1-36(2)30-13-16-41(7)34(39(30,5)15-14-31(36)45)29(44)21-27-28-22-38(4,18-17-37(28,3)19-20-40(27,41)6)35(49)43(25-33(47)48)24-32(46)42-23-26-11-9-8-10-12-26;/h8-12,21,28,30-31,34,45H,13-20,22-25H2,1-7H3,(H,42,46)(H,47,48);/q;+1/p-1/t28-,30-,31-,34+,37+,38-,39-,40+,41+;/m0./s1. The van der Waals surface area contributed by atoms with Gasteiger partial charge in [-0.2, -0.15) is 0 Å². The number of allylic oxidation sites excluding steroid dienone is 2. The summed E-state index contributed by atoms with van der Waals surface area (Å²) in [5, 5.41) is 25.7. The summed E-state index contributed by atoms with van der Waals surface area (Å²) in [7, 11) is 0. The molecule has 0 aliphatic heterocycles. The molecule has 6 rings (SSSR count). The van der Waals surface area contributed by atoms with Crippen molar-refractivity contribution in [3.05, 3.63) is 47.5 Å². The third kappa shape index (κ3) is 6.35. The number of carbonyl (C=O) groups excluding carboxylic acids is 4. The fraction of sp³-hybridized carbons (Fsp3) is 0.707. The number of hydrogen-bond acceptors (Lipinski definition) is 6. The second-order valence-corrected chi connectivity index (χ2v) is 18.4. The van der Waals surface area contributed by atoms with E-state index in [-0.39, 0.29) is 127 Å². The maximum Gasteiger partial charge on any atom is 1.00 e. The number of aliphatic hydroxyl groups excluding tert-OH is 1. The van der Waals surface area contributed by atoms with Crippen molar-refractivity contribution in [1.29, 1.82) is 0 Å². The molecule has 0 spiro atoms. The van der Waals surface area contributed by atoms with Gasteiger partial charge >= 0.3 is 51.4 Å². The molecule has 2 N–H and O–H groups in total. The molecule has 0 heterocycles. The minimum absolute atomic E-state index is 0. The van der Waals surface area contributed by atoms with Crippen LogP contribution in [0.5, 0.6) is 0 Å². The van der Waals surface area contributed by atoms with E-state index >= 15 is 0 Å². The van der Waals surface area contributed by atoms with Crippen LogP contribution in [-0.4, -0.2) is 52.8 Å². The minimum Gasteiger partial charge on any atom is -0.548 e. The van der Waals surface area contributed by atoms with E-state index < -0.39 is 23.8 Å². The van der Waals surface area contributed by atoms with Crippen LogP contribution in [0.2, 0.25) is 0 Å². The van der Waals surface area contributed by atoms with Crippen LogP contribution in [0.4, 0.5) is 0 Å². The summed E-state index contributed by atoms with van der Waals surface area (Å²) in [5.74, 6) is -1.85. The molecule has 9 heteroatoms.